The van der Waals surface area contributed by atoms with E-state index < -0.39 is 0 Å². The number of rotatable bonds is 6. The summed E-state index contributed by atoms with van der Waals surface area (Å²) in [6.45, 7) is 4.91. The van der Waals surface area contributed by atoms with Gasteiger partial charge in [-0.3, -0.25) is 4.79 Å². The molecule has 1 fully saturated rings. The molecule has 5 nitrogen and oxygen atoms in total. The van der Waals surface area contributed by atoms with E-state index in [0.717, 1.165) is 60.5 Å². The van der Waals surface area contributed by atoms with Gasteiger partial charge in [-0.25, -0.2) is 4.39 Å². The highest BCUT2D eigenvalue weighted by Gasteiger charge is 2.25. The van der Waals surface area contributed by atoms with Gasteiger partial charge in [-0.15, -0.1) is 0 Å². The molecule has 4 rings (SSSR count). The fraction of sp³-hybridized carbons (Fsp3) is 0.292. The van der Waals surface area contributed by atoms with E-state index in [0.29, 0.717) is 6.54 Å². The molecule has 3 aromatic rings. The van der Waals surface area contributed by atoms with Crippen LogP contribution in [0.3, 0.4) is 0 Å². The standard InChI is InChI=1S/C24H26FN3O2/c1-30-23-9-7-21(25)14-20(23)16-27-10-12-28(13-11-27)17-24(29)26-22-8-6-18-4-2-3-5-19(18)15-22/h2-9,14-15H,10-13,16-17H2,1H3,(H,26,29)/p+2. The number of quaternary nitrogens is 2. The Morgan fingerprint density at radius 2 is 1.70 bits per heavy atom. The maximum Gasteiger partial charge on any atom is 0.279 e. The maximum absolute atomic E-state index is 13.6. The van der Waals surface area contributed by atoms with E-state index in [9.17, 15) is 9.18 Å². The van der Waals surface area contributed by atoms with Gasteiger partial charge in [-0.05, 0) is 41.1 Å². The van der Waals surface area contributed by atoms with Crippen LogP contribution in [0.5, 0.6) is 5.75 Å². The van der Waals surface area contributed by atoms with E-state index in [1.54, 1.807) is 19.2 Å². The molecule has 0 aliphatic carbocycles. The Morgan fingerprint density at radius 1 is 0.967 bits per heavy atom. The SMILES string of the molecule is COc1ccc(F)cc1C[NH+]1CC[NH+](CC(=O)Nc2ccc3ccccc3c2)CC1. The van der Waals surface area contributed by atoms with Gasteiger partial charge < -0.3 is 19.9 Å². The highest BCUT2D eigenvalue weighted by Crippen LogP contribution is 2.19. The molecule has 0 unspecified atom stereocenters. The molecule has 3 aromatic carbocycles. The van der Waals surface area contributed by atoms with Gasteiger partial charge >= 0.3 is 0 Å². The topological polar surface area (TPSA) is 47.2 Å². The molecule has 30 heavy (non-hydrogen) atoms. The Balaban J connectivity index is 1.28. The second-order valence-corrected chi connectivity index (χ2v) is 7.92. The predicted octanol–water partition coefficient (Wildman–Crippen LogP) is 0.910. The highest BCUT2D eigenvalue weighted by atomic mass is 19.1. The van der Waals surface area contributed by atoms with Crippen LogP contribution >= 0.6 is 0 Å². The van der Waals surface area contributed by atoms with Gasteiger partial charge in [0.25, 0.3) is 5.91 Å². The van der Waals surface area contributed by atoms with Crippen molar-refractivity contribution in [3.8, 4) is 5.75 Å². The zero-order valence-corrected chi connectivity index (χ0v) is 17.2. The molecule has 3 N–H and O–H groups in total. The van der Waals surface area contributed by atoms with E-state index in [-0.39, 0.29) is 11.7 Å². The van der Waals surface area contributed by atoms with Crippen LogP contribution in [-0.2, 0) is 11.3 Å². The zero-order valence-electron chi connectivity index (χ0n) is 17.2. The number of methoxy groups -OCH3 is 1. The number of halogens is 1. The van der Waals surface area contributed by atoms with E-state index in [4.69, 9.17) is 4.74 Å². The summed E-state index contributed by atoms with van der Waals surface area (Å²) < 4.78 is 19.0. The van der Waals surface area contributed by atoms with Crippen LogP contribution in [0, 0.1) is 5.82 Å². The van der Waals surface area contributed by atoms with E-state index in [1.807, 2.05) is 36.4 Å². The van der Waals surface area contributed by atoms with Crippen LogP contribution in [0.4, 0.5) is 10.1 Å². The summed E-state index contributed by atoms with van der Waals surface area (Å²) in [5.74, 6) is 0.531. The lowest BCUT2D eigenvalue weighted by Crippen LogP contribution is -3.28. The lowest BCUT2D eigenvalue weighted by Gasteiger charge is -2.29. The molecule has 156 valence electrons. The third-order valence-corrected chi connectivity index (χ3v) is 5.79. The number of fused-ring (bicyclic) bond motifs is 1. The van der Waals surface area contributed by atoms with Crippen molar-refractivity contribution in [1.29, 1.82) is 0 Å². The molecule has 0 bridgehead atoms. The van der Waals surface area contributed by atoms with Crippen molar-refractivity contribution >= 4 is 22.4 Å². The number of benzene rings is 3. The fourth-order valence-corrected chi connectivity index (χ4v) is 4.16. The van der Waals surface area contributed by atoms with Gasteiger partial charge in [0.2, 0.25) is 0 Å². The number of amides is 1. The second-order valence-electron chi connectivity index (χ2n) is 7.92. The minimum Gasteiger partial charge on any atom is -0.496 e. The molecule has 0 radical (unpaired) electrons. The molecule has 0 aromatic heterocycles. The summed E-state index contributed by atoms with van der Waals surface area (Å²) in [5, 5.41) is 5.31. The number of nitrogens with one attached hydrogen (secondary N) is 3. The third-order valence-electron chi connectivity index (χ3n) is 5.79. The van der Waals surface area contributed by atoms with Gasteiger partial charge in [-0.1, -0.05) is 30.3 Å². The molecule has 1 saturated heterocycles. The average molecular weight is 410 g/mol. The van der Waals surface area contributed by atoms with Gasteiger partial charge in [0.1, 0.15) is 44.3 Å². The Bertz CT molecular complexity index is 1030. The summed E-state index contributed by atoms with van der Waals surface area (Å²) in [7, 11) is 1.61. The van der Waals surface area contributed by atoms with Crippen molar-refractivity contribution in [3.05, 3.63) is 72.0 Å². The number of carbonyl (C=O) groups excluding carboxylic acids is 1. The average Bonchev–Trinajstić information content (AvgIpc) is 2.75. The Hall–Kier alpha value is -2.96. The first-order valence-electron chi connectivity index (χ1n) is 10.4. The summed E-state index contributed by atoms with van der Waals surface area (Å²) in [5.41, 5.74) is 1.73. The number of ether oxygens (including phenoxy) is 1. The molecule has 1 aliphatic heterocycles. The molecule has 0 saturated carbocycles. The minimum absolute atomic E-state index is 0.0375. The highest BCUT2D eigenvalue weighted by molar-refractivity contribution is 5.94. The fourth-order valence-electron chi connectivity index (χ4n) is 4.16. The van der Waals surface area contributed by atoms with Crippen LogP contribution in [0.2, 0.25) is 0 Å². The van der Waals surface area contributed by atoms with Crippen molar-refractivity contribution in [2.75, 3.05) is 45.2 Å². The summed E-state index contributed by atoms with van der Waals surface area (Å²) in [6.07, 6.45) is 0. The van der Waals surface area contributed by atoms with Crippen LogP contribution in [0.25, 0.3) is 10.8 Å². The molecule has 0 spiro atoms. The van der Waals surface area contributed by atoms with Crippen molar-refractivity contribution in [1.82, 2.24) is 0 Å². The molecule has 6 heteroatoms. The molecule has 1 aliphatic rings. The summed E-state index contributed by atoms with van der Waals surface area (Å²) in [6, 6.07) is 18.8. The number of anilines is 1. The molecule has 1 amide bonds. The normalized spacial score (nSPS) is 18.9. The van der Waals surface area contributed by atoms with Gasteiger partial charge in [0.05, 0.1) is 12.7 Å². The molecular formula is C24H28FN3O2+2. The zero-order chi connectivity index (χ0) is 20.9. The smallest absolute Gasteiger partial charge is 0.279 e. The predicted molar refractivity (Wildman–Crippen MR) is 115 cm³/mol. The van der Waals surface area contributed by atoms with Crippen LogP contribution in [0.1, 0.15) is 5.56 Å². The number of hydrogen-bond acceptors (Lipinski definition) is 2. The number of piperazine rings is 1. The van der Waals surface area contributed by atoms with Gasteiger partial charge in [0.15, 0.2) is 6.54 Å². The van der Waals surface area contributed by atoms with E-state index in [2.05, 4.69) is 11.4 Å². The second kappa shape index (κ2) is 9.24. The largest absolute Gasteiger partial charge is 0.496 e. The van der Waals surface area contributed by atoms with E-state index in [1.165, 1.54) is 15.9 Å². The van der Waals surface area contributed by atoms with Crippen LogP contribution in [0.15, 0.2) is 60.7 Å². The van der Waals surface area contributed by atoms with Crippen molar-refractivity contribution in [3.63, 3.8) is 0 Å². The monoisotopic (exact) mass is 409 g/mol. The molecule has 0 atom stereocenters. The quantitative estimate of drug-likeness (QED) is 0.567. The lowest BCUT2D eigenvalue weighted by atomic mass is 10.1. The van der Waals surface area contributed by atoms with E-state index >= 15 is 0 Å². The van der Waals surface area contributed by atoms with Crippen molar-refractivity contribution in [2.24, 2.45) is 0 Å². The Morgan fingerprint density at radius 3 is 2.47 bits per heavy atom. The summed E-state index contributed by atoms with van der Waals surface area (Å²) in [4.78, 5) is 15.2. The number of carbonyl (C=O) groups is 1. The third kappa shape index (κ3) is 4.96. The van der Waals surface area contributed by atoms with Crippen LogP contribution < -0.4 is 19.9 Å². The lowest BCUT2D eigenvalue weighted by molar-refractivity contribution is -1.02. The van der Waals surface area contributed by atoms with Crippen molar-refractivity contribution < 1.29 is 23.7 Å². The van der Waals surface area contributed by atoms with Crippen molar-refractivity contribution in [2.45, 2.75) is 6.54 Å². The Labute approximate surface area is 176 Å². The Kier molecular flexibility index (Phi) is 6.26. The van der Waals surface area contributed by atoms with Gasteiger partial charge in [0, 0.05) is 5.69 Å². The first-order chi connectivity index (χ1) is 14.6. The van der Waals surface area contributed by atoms with Gasteiger partial charge in [-0.2, -0.15) is 0 Å². The molecular weight excluding hydrogens is 381 g/mol. The van der Waals surface area contributed by atoms with Crippen LogP contribution in [-0.4, -0.2) is 45.7 Å². The first-order valence-corrected chi connectivity index (χ1v) is 10.4. The maximum atomic E-state index is 13.6. The summed E-state index contributed by atoms with van der Waals surface area (Å²) >= 11 is 0. The number of hydrogen-bond donors (Lipinski definition) is 3. The minimum atomic E-state index is -0.236. The molecule has 1 heterocycles. The first kappa shape index (κ1) is 20.3.